The maximum atomic E-state index is 12.3. The van der Waals surface area contributed by atoms with Crippen LogP contribution in [0.3, 0.4) is 0 Å². The Balaban J connectivity index is 0.00000385. The second-order valence-electron chi connectivity index (χ2n) is 7.67. The summed E-state index contributed by atoms with van der Waals surface area (Å²) in [5.41, 5.74) is 2.50. The van der Waals surface area contributed by atoms with Crippen molar-refractivity contribution in [1.29, 1.82) is 0 Å². The Morgan fingerprint density at radius 3 is 2.55 bits per heavy atom. The Kier molecular flexibility index (Phi) is 10.4. The van der Waals surface area contributed by atoms with Crippen molar-refractivity contribution >= 4 is 47.4 Å². The van der Waals surface area contributed by atoms with Crippen LogP contribution in [0.5, 0.6) is 5.75 Å². The lowest BCUT2D eigenvalue weighted by Crippen LogP contribution is -2.42. The number of fused-ring (bicyclic) bond motifs is 1. The molecule has 8 nitrogen and oxygen atoms in total. The fraction of sp³-hybridized carbons (Fsp3) is 0.375. The molecule has 0 aromatic heterocycles. The Hall–Kier alpha value is -2.82. The number of aliphatic imine (C=N–C) groups is 1. The molecule has 1 aliphatic rings. The summed E-state index contributed by atoms with van der Waals surface area (Å²) in [4.78, 5) is 32.2. The van der Waals surface area contributed by atoms with Crippen molar-refractivity contribution in [3.05, 3.63) is 59.7 Å². The summed E-state index contributed by atoms with van der Waals surface area (Å²) in [6, 6.07) is 15.1. The van der Waals surface area contributed by atoms with Crippen LogP contribution in [0.25, 0.3) is 0 Å². The van der Waals surface area contributed by atoms with Crippen molar-refractivity contribution in [1.82, 2.24) is 15.5 Å². The smallest absolute Gasteiger partial charge is 0.265 e. The third-order valence-electron chi connectivity index (χ3n) is 5.03. The average Bonchev–Trinajstić information content (AvgIpc) is 2.81. The van der Waals surface area contributed by atoms with Gasteiger partial charge in [0.1, 0.15) is 5.75 Å². The minimum Gasteiger partial charge on any atom is -0.482 e. The third-order valence-corrected chi connectivity index (χ3v) is 5.03. The Morgan fingerprint density at radius 2 is 1.85 bits per heavy atom. The predicted molar refractivity (Wildman–Crippen MR) is 142 cm³/mol. The summed E-state index contributed by atoms with van der Waals surface area (Å²) in [5, 5.41) is 6.56. The highest BCUT2D eigenvalue weighted by atomic mass is 127. The molecule has 0 aliphatic carbocycles. The van der Waals surface area contributed by atoms with Gasteiger partial charge in [-0.25, -0.2) is 4.99 Å². The number of carbonyl (C=O) groups excluding carboxylic acids is 2. The van der Waals surface area contributed by atoms with Crippen molar-refractivity contribution in [2.24, 2.45) is 4.99 Å². The van der Waals surface area contributed by atoms with Crippen molar-refractivity contribution in [3.8, 4) is 5.75 Å². The van der Waals surface area contributed by atoms with Gasteiger partial charge in [-0.05, 0) is 43.2 Å². The zero-order valence-electron chi connectivity index (χ0n) is 19.3. The van der Waals surface area contributed by atoms with E-state index in [4.69, 9.17) is 4.74 Å². The molecule has 0 bridgehead atoms. The fourth-order valence-electron chi connectivity index (χ4n) is 3.37. The molecular weight excluding hydrogens is 533 g/mol. The number of anilines is 1. The van der Waals surface area contributed by atoms with E-state index in [0.717, 1.165) is 35.9 Å². The highest BCUT2D eigenvalue weighted by molar-refractivity contribution is 14.0. The van der Waals surface area contributed by atoms with E-state index in [2.05, 4.69) is 15.6 Å². The lowest BCUT2D eigenvalue weighted by molar-refractivity contribution is -0.121. The third kappa shape index (κ3) is 7.34. The van der Waals surface area contributed by atoms with E-state index in [1.807, 2.05) is 55.5 Å². The van der Waals surface area contributed by atoms with E-state index in [-0.39, 0.29) is 42.4 Å². The molecule has 0 atom stereocenters. The molecule has 33 heavy (non-hydrogen) atoms. The lowest BCUT2D eigenvalue weighted by atomic mass is 10.1. The van der Waals surface area contributed by atoms with E-state index >= 15 is 0 Å². The second kappa shape index (κ2) is 13.0. The number of para-hydroxylation sites is 2. The Labute approximate surface area is 212 Å². The number of halogens is 1. The normalized spacial score (nSPS) is 12.9. The number of rotatable bonds is 8. The van der Waals surface area contributed by atoms with Crippen LogP contribution in [0, 0.1) is 0 Å². The van der Waals surface area contributed by atoms with Crippen LogP contribution in [0.2, 0.25) is 0 Å². The molecule has 0 saturated carbocycles. The zero-order chi connectivity index (χ0) is 22.9. The van der Waals surface area contributed by atoms with Crippen molar-refractivity contribution in [2.45, 2.75) is 19.9 Å². The van der Waals surface area contributed by atoms with Crippen LogP contribution in [-0.2, 0) is 11.3 Å². The molecule has 0 radical (unpaired) electrons. The predicted octanol–water partition coefficient (Wildman–Crippen LogP) is 2.88. The molecule has 2 amide bonds. The van der Waals surface area contributed by atoms with E-state index in [0.29, 0.717) is 25.2 Å². The van der Waals surface area contributed by atoms with Gasteiger partial charge in [0.15, 0.2) is 12.6 Å². The summed E-state index contributed by atoms with van der Waals surface area (Å²) in [5.74, 6) is 1.42. The minimum absolute atomic E-state index is 0. The Morgan fingerprint density at radius 1 is 1.12 bits per heavy atom. The van der Waals surface area contributed by atoms with Gasteiger partial charge in [0.25, 0.3) is 11.8 Å². The number of hydrogen-bond acceptors (Lipinski definition) is 4. The maximum absolute atomic E-state index is 12.3. The first-order chi connectivity index (χ1) is 15.5. The van der Waals surface area contributed by atoms with Crippen LogP contribution < -0.4 is 20.3 Å². The number of nitrogens with one attached hydrogen (secondary N) is 2. The molecule has 0 spiro atoms. The summed E-state index contributed by atoms with van der Waals surface area (Å²) in [6.45, 7) is 4.62. The topological polar surface area (TPSA) is 86.3 Å². The van der Waals surface area contributed by atoms with Gasteiger partial charge >= 0.3 is 0 Å². The highest BCUT2D eigenvalue weighted by Crippen LogP contribution is 2.31. The molecule has 2 aromatic carbocycles. The molecule has 2 N–H and O–H groups in total. The molecule has 9 heteroatoms. The molecule has 1 heterocycles. The molecule has 0 unspecified atom stereocenters. The number of guanidine groups is 1. The molecule has 1 aliphatic heterocycles. The highest BCUT2D eigenvalue weighted by Gasteiger charge is 2.24. The molecule has 0 saturated heterocycles. The first-order valence-electron chi connectivity index (χ1n) is 10.8. The van der Waals surface area contributed by atoms with Gasteiger partial charge in [-0.2, -0.15) is 0 Å². The van der Waals surface area contributed by atoms with E-state index in [9.17, 15) is 9.59 Å². The van der Waals surface area contributed by atoms with Crippen LogP contribution in [0.1, 0.15) is 29.3 Å². The van der Waals surface area contributed by atoms with Crippen LogP contribution in [0.15, 0.2) is 53.5 Å². The van der Waals surface area contributed by atoms with Gasteiger partial charge < -0.3 is 25.2 Å². The molecule has 2 aromatic rings. The minimum atomic E-state index is -0.0273. The standard InChI is InChI=1S/C24H31N5O3.HI/c1-4-25-24(27-16-18-10-12-19(13-11-18)23(31)28(2)3)26-14-7-15-29-20-8-5-6-9-21(20)32-17-22(29)30;/h5-6,8-13H,4,7,14-17H2,1-3H3,(H2,25,26,27);1H. The van der Waals surface area contributed by atoms with Gasteiger partial charge in [-0.1, -0.05) is 24.3 Å². The van der Waals surface area contributed by atoms with Crippen LogP contribution in [0.4, 0.5) is 5.69 Å². The quantitative estimate of drug-likeness (QED) is 0.223. The number of hydrogen-bond donors (Lipinski definition) is 2. The average molecular weight is 565 g/mol. The van der Waals surface area contributed by atoms with E-state index in [1.54, 1.807) is 23.9 Å². The van der Waals surface area contributed by atoms with Gasteiger partial charge in [0.05, 0.1) is 12.2 Å². The SMILES string of the molecule is CCNC(=NCc1ccc(C(=O)N(C)C)cc1)NCCCN1C(=O)COc2ccccc21.I. The van der Waals surface area contributed by atoms with Crippen molar-refractivity contribution < 1.29 is 14.3 Å². The number of carbonyl (C=O) groups is 2. The first-order valence-corrected chi connectivity index (χ1v) is 10.8. The van der Waals surface area contributed by atoms with E-state index in [1.165, 1.54) is 0 Å². The summed E-state index contributed by atoms with van der Waals surface area (Å²) >= 11 is 0. The number of amides is 2. The summed E-state index contributed by atoms with van der Waals surface area (Å²) < 4.78 is 5.49. The Bertz CT molecular complexity index is 963. The lowest BCUT2D eigenvalue weighted by Gasteiger charge is -2.29. The fourth-order valence-corrected chi connectivity index (χ4v) is 3.37. The number of nitrogens with zero attached hydrogens (tertiary/aromatic N) is 3. The number of benzene rings is 2. The van der Waals surface area contributed by atoms with Gasteiger partial charge in [-0.3, -0.25) is 9.59 Å². The second-order valence-corrected chi connectivity index (χ2v) is 7.67. The summed E-state index contributed by atoms with van der Waals surface area (Å²) in [7, 11) is 3.48. The summed E-state index contributed by atoms with van der Waals surface area (Å²) in [6.07, 6.45) is 0.770. The largest absolute Gasteiger partial charge is 0.482 e. The van der Waals surface area contributed by atoms with Gasteiger partial charge in [0.2, 0.25) is 0 Å². The first kappa shape index (κ1) is 26.4. The molecular formula is C24H32IN5O3. The van der Waals surface area contributed by atoms with Crippen LogP contribution >= 0.6 is 24.0 Å². The zero-order valence-corrected chi connectivity index (χ0v) is 21.7. The maximum Gasteiger partial charge on any atom is 0.265 e. The molecule has 3 rings (SSSR count). The van der Waals surface area contributed by atoms with Crippen LogP contribution in [-0.4, -0.2) is 63.0 Å². The van der Waals surface area contributed by atoms with Crippen molar-refractivity contribution in [2.75, 3.05) is 45.2 Å². The van der Waals surface area contributed by atoms with Gasteiger partial charge in [0, 0.05) is 39.3 Å². The van der Waals surface area contributed by atoms with E-state index < -0.39 is 0 Å². The monoisotopic (exact) mass is 565 g/mol. The number of ether oxygens (including phenoxy) is 1. The van der Waals surface area contributed by atoms with Gasteiger partial charge in [-0.15, -0.1) is 24.0 Å². The molecule has 178 valence electrons. The molecule has 0 fully saturated rings. The van der Waals surface area contributed by atoms with Crippen molar-refractivity contribution in [3.63, 3.8) is 0 Å².